The summed E-state index contributed by atoms with van der Waals surface area (Å²) in [5.74, 6) is 0.238. The molecule has 1 aliphatic heterocycles. The number of hydrogen-bond acceptors (Lipinski definition) is 6. The Morgan fingerprint density at radius 3 is 2.94 bits per heavy atom. The fourth-order valence-electron chi connectivity index (χ4n) is 3.97. The monoisotopic (exact) mass is 423 g/mol. The molecule has 1 atom stereocenters. The number of fused-ring (bicyclic) bond motifs is 1. The smallest absolute Gasteiger partial charge is 0.261 e. The number of furan rings is 1. The number of pyridine rings is 2. The molecule has 3 aromatic rings. The number of aromatic nitrogens is 2. The van der Waals surface area contributed by atoms with Gasteiger partial charge in [0, 0.05) is 50.6 Å². The van der Waals surface area contributed by atoms with E-state index in [1.807, 2.05) is 6.92 Å². The van der Waals surface area contributed by atoms with Crippen molar-refractivity contribution in [2.45, 2.75) is 32.4 Å². The van der Waals surface area contributed by atoms with E-state index < -0.39 is 5.91 Å². The lowest BCUT2D eigenvalue weighted by Crippen LogP contribution is -2.33. The first kappa shape index (κ1) is 20.8. The molecule has 3 N–H and O–H groups in total. The highest BCUT2D eigenvalue weighted by Gasteiger charge is 2.23. The molecule has 9 heteroatoms. The Morgan fingerprint density at radius 2 is 2.16 bits per heavy atom. The quantitative estimate of drug-likeness (QED) is 0.629. The summed E-state index contributed by atoms with van der Waals surface area (Å²) in [6.45, 7) is 3.79. The number of nitrogens with zero attached hydrogens (tertiary/aromatic N) is 3. The first-order valence-electron chi connectivity index (χ1n) is 10.2. The van der Waals surface area contributed by atoms with Crippen LogP contribution >= 0.6 is 0 Å². The fourth-order valence-corrected chi connectivity index (χ4v) is 3.97. The van der Waals surface area contributed by atoms with Gasteiger partial charge in [-0.25, -0.2) is 0 Å². The molecule has 2 amide bonds. The number of primary amides is 1. The van der Waals surface area contributed by atoms with Gasteiger partial charge >= 0.3 is 0 Å². The molecule has 1 saturated heterocycles. The van der Waals surface area contributed by atoms with Gasteiger partial charge in [0.2, 0.25) is 11.8 Å². The molecule has 4 rings (SSSR count). The van der Waals surface area contributed by atoms with E-state index >= 15 is 0 Å². The topological polar surface area (TPSA) is 123 Å². The standard InChI is InChI=1S/C22H25N5O4/c1-13-7-20(29)25-5-6-27(13)11-16-10-17-21(31-16)18(12-26(2)22(17)30)14-3-4-24-15(8-14)9-19(23)28/h3-4,8,10,12-13H,5-7,9,11H2,1-2H3,(H2,23,28)(H,25,29). The van der Waals surface area contributed by atoms with E-state index in [4.69, 9.17) is 10.2 Å². The Bertz CT molecular complexity index is 1210. The Kier molecular flexibility index (Phi) is 5.60. The van der Waals surface area contributed by atoms with Crippen LogP contribution < -0.4 is 16.6 Å². The molecule has 9 nitrogen and oxygen atoms in total. The number of nitrogens with one attached hydrogen (secondary N) is 1. The van der Waals surface area contributed by atoms with Gasteiger partial charge in [-0.05, 0) is 30.7 Å². The van der Waals surface area contributed by atoms with Gasteiger partial charge in [0.15, 0.2) is 0 Å². The highest BCUT2D eigenvalue weighted by atomic mass is 16.3. The zero-order valence-corrected chi connectivity index (χ0v) is 17.6. The minimum Gasteiger partial charge on any atom is -0.459 e. The maximum absolute atomic E-state index is 12.8. The third-order valence-electron chi connectivity index (χ3n) is 5.57. The van der Waals surface area contributed by atoms with Gasteiger partial charge in [-0.2, -0.15) is 0 Å². The molecule has 0 radical (unpaired) electrons. The van der Waals surface area contributed by atoms with Crippen molar-refractivity contribution in [2.24, 2.45) is 12.8 Å². The highest BCUT2D eigenvalue weighted by Crippen LogP contribution is 2.30. The first-order chi connectivity index (χ1) is 14.8. The van der Waals surface area contributed by atoms with Gasteiger partial charge < -0.3 is 20.0 Å². The number of hydrogen-bond donors (Lipinski definition) is 2. The van der Waals surface area contributed by atoms with E-state index in [1.54, 1.807) is 37.6 Å². The molecule has 162 valence electrons. The van der Waals surface area contributed by atoms with E-state index in [2.05, 4.69) is 15.2 Å². The summed E-state index contributed by atoms with van der Waals surface area (Å²) in [7, 11) is 1.69. The second-order valence-electron chi connectivity index (χ2n) is 7.97. The fraction of sp³-hybridized carbons (Fsp3) is 0.364. The van der Waals surface area contributed by atoms with E-state index in [9.17, 15) is 14.4 Å². The van der Waals surface area contributed by atoms with Crippen LogP contribution in [0.15, 0.2) is 39.8 Å². The van der Waals surface area contributed by atoms with Gasteiger partial charge in [-0.15, -0.1) is 0 Å². The van der Waals surface area contributed by atoms with E-state index in [1.165, 1.54) is 4.57 Å². The number of aryl methyl sites for hydroxylation is 1. The summed E-state index contributed by atoms with van der Waals surface area (Å²) in [4.78, 5) is 42.2. The summed E-state index contributed by atoms with van der Waals surface area (Å²) in [5, 5.41) is 3.37. The first-order valence-corrected chi connectivity index (χ1v) is 10.2. The van der Waals surface area contributed by atoms with Crippen LogP contribution in [0, 0.1) is 0 Å². The average molecular weight is 423 g/mol. The molecule has 4 heterocycles. The van der Waals surface area contributed by atoms with Crippen LogP contribution in [0.1, 0.15) is 24.8 Å². The minimum atomic E-state index is -0.463. The van der Waals surface area contributed by atoms with E-state index in [0.717, 1.165) is 11.1 Å². The molecular formula is C22H25N5O4. The van der Waals surface area contributed by atoms with Crippen LogP contribution in [-0.2, 0) is 29.6 Å². The van der Waals surface area contributed by atoms with Crippen molar-refractivity contribution in [3.63, 3.8) is 0 Å². The van der Waals surface area contributed by atoms with Crippen LogP contribution in [0.2, 0.25) is 0 Å². The zero-order valence-electron chi connectivity index (χ0n) is 17.6. The third-order valence-corrected chi connectivity index (χ3v) is 5.57. The lowest BCUT2D eigenvalue weighted by Gasteiger charge is -2.24. The molecule has 31 heavy (non-hydrogen) atoms. The largest absolute Gasteiger partial charge is 0.459 e. The highest BCUT2D eigenvalue weighted by molar-refractivity contribution is 5.92. The molecule has 0 spiro atoms. The van der Waals surface area contributed by atoms with Crippen molar-refractivity contribution >= 4 is 22.8 Å². The van der Waals surface area contributed by atoms with Crippen molar-refractivity contribution in [1.82, 2.24) is 19.8 Å². The van der Waals surface area contributed by atoms with Crippen LogP contribution in [0.4, 0.5) is 0 Å². The van der Waals surface area contributed by atoms with Crippen LogP contribution in [0.5, 0.6) is 0 Å². The summed E-state index contributed by atoms with van der Waals surface area (Å²) < 4.78 is 7.67. The van der Waals surface area contributed by atoms with Crippen molar-refractivity contribution < 1.29 is 14.0 Å². The van der Waals surface area contributed by atoms with Crippen molar-refractivity contribution in [2.75, 3.05) is 13.1 Å². The predicted octanol–water partition coefficient (Wildman–Crippen LogP) is 0.932. The molecule has 1 aliphatic rings. The number of carbonyl (C=O) groups excluding carboxylic acids is 2. The van der Waals surface area contributed by atoms with Gasteiger partial charge in [-0.1, -0.05) is 0 Å². The summed E-state index contributed by atoms with van der Waals surface area (Å²) >= 11 is 0. The lowest BCUT2D eigenvalue weighted by atomic mass is 10.1. The Labute approximate surface area is 178 Å². The summed E-state index contributed by atoms with van der Waals surface area (Å²) in [5.41, 5.74) is 7.70. The predicted molar refractivity (Wildman–Crippen MR) is 115 cm³/mol. The Balaban J connectivity index is 1.74. The number of nitrogens with two attached hydrogens (primary N) is 1. The minimum absolute atomic E-state index is 0.0335. The van der Waals surface area contributed by atoms with Crippen molar-refractivity contribution in [3.05, 3.63) is 52.4 Å². The van der Waals surface area contributed by atoms with Crippen molar-refractivity contribution in [3.8, 4) is 11.1 Å². The molecule has 3 aromatic heterocycles. The molecular weight excluding hydrogens is 398 g/mol. The maximum Gasteiger partial charge on any atom is 0.261 e. The Morgan fingerprint density at radius 1 is 1.35 bits per heavy atom. The van der Waals surface area contributed by atoms with Gasteiger partial charge in [-0.3, -0.25) is 24.3 Å². The Hall–Kier alpha value is -3.46. The molecule has 0 aliphatic carbocycles. The SMILES string of the molecule is CC1CC(=O)NCCN1Cc1cc2c(=O)n(C)cc(-c3ccnc(CC(N)=O)c3)c2o1. The molecule has 1 fully saturated rings. The molecule has 1 unspecified atom stereocenters. The third kappa shape index (κ3) is 4.36. The number of rotatable bonds is 5. The second-order valence-corrected chi connectivity index (χ2v) is 7.97. The van der Waals surface area contributed by atoms with Crippen LogP contribution in [0.3, 0.4) is 0 Å². The average Bonchev–Trinajstić information content (AvgIpc) is 3.06. The van der Waals surface area contributed by atoms with E-state index in [0.29, 0.717) is 48.5 Å². The number of carbonyl (C=O) groups is 2. The molecule has 0 bridgehead atoms. The number of amides is 2. The molecule has 0 aromatic carbocycles. The van der Waals surface area contributed by atoms with Gasteiger partial charge in [0.1, 0.15) is 11.3 Å². The van der Waals surface area contributed by atoms with E-state index in [-0.39, 0.29) is 23.9 Å². The lowest BCUT2D eigenvalue weighted by molar-refractivity contribution is -0.121. The van der Waals surface area contributed by atoms with Crippen LogP contribution in [0.25, 0.3) is 22.1 Å². The van der Waals surface area contributed by atoms with Crippen molar-refractivity contribution in [1.29, 1.82) is 0 Å². The maximum atomic E-state index is 12.8. The van der Waals surface area contributed by atoms with Gasteiger partial charge in [0.05, 0.1) is 24.0 Å². The summed E-state index contributed by atoms with van der Waals surface area (Å²) in [6, 6.07) is 5.43. The summed E-state index contributed by atoms with van der Waals surface area (Å²) in [6.07, 6.45) is 3.79. The van der Waals surface area contributed by atoms with Gasteiger partial charge in [0.25, 0.3) is 5.56 Å². The second kappa shape index (κ2) is 8.35. The zero-order chi connectivity index (χ0) is 22.1. The molecule has 0 saturated carbocycles. The normalized spacial score (nSPS) is 17.5. The van der Waals surface area contributed by atoms with Crippen LogP contribution in [-0.4, -0.2) is 45.4 Å².